The Morgan fingerprint density at radius 2 is 1.52 bits per heavy atom. The van der Waals surface area contributed by atoms with Crippen LogP contribution in [0.5, 0.6) is 0 Å². The zero-order valence-corrected chi connectivity index (χ0v) is 31.0. The first kappa shape index (κ1) is 36.3. The van der Waals surface area contributed by atoms with Crippen LogP contribution in [0.4, 0.5) is 4.79 Å². The zero-order chi connectivity index (χ0) is 37.5. The van der Waals surface area contributed by atoms with Gasteiger partial charge in [-0.25, -0.2) is 13.2 Å². The molecule has 4 aliphatic carbocycles. The van der Waals surface area contributed by atoms with Crippen LogP contribution >= 0.6 is 0 Å². The fourth-order valence-corrected chi connectivity index (χ4v) is 9.76. The number of oxime groups is 1. The number of fused-ring (bicyclic) bond motifs is 5. The summed E-state index contributed by atoms with van der Waals surface area (Å²) in [7, 11) is -3.88. The van der Waals surface area contributed by atoms with Crippen molar-refractivity contribution in [2.45, 2.75) is 119 Å². The van der Waals surface area contributed by atoms with Crippen LogP contribution in [0.3, 0.4) is 0 Å². The second-order valence-corrected chi connectivity index (χ2v) is 17.5. The second-order valence-electron chi connectivity index (χ2n) is 15.5. The van der Waals surface area contributed by atoms with Crippen LogP contribution in [0.25, 0.3) is 11.1 Å². The Labute approximate surface area is 315 Å². The molecule has 2 heterocycles. The highest BCUT2D eigenvalue weighted by Gasteiger charge is 2.62. The minimum atomic E-state index is -3.88. The number of ether oxygens (including phenoxy) is 1. The smallest absolute Gasteiger partial charge is 0.408 e. The Morgan fingerprint density at radius 3 is 2.20 bits per heavy atom. The zero-order valence-electron chi connectivity index (χ0n) is 30.2. The average molecular weight is 758 g/mol. The van der Waals surface area contributed by atoms with Gasteiger partial charge in [0.2, 0.25) is 21.8 Å². The first-order chi connectivity index (χ1) is 26.1. The molecule has 4 amide bonds. The van der Waals surface area contributed by atoms with Gasteiger partial charge in [-0.1, -0.05) is 78.7 Å². The summed E-state index contributed by atoms with van der Waals surface area (Å²) in [6, 6.07) is 13.8. The van der Waals surface area contributed by atoms with Gasteiger partial charge in [0.15, 0.2) is 0 Å². The van der Waals surface area contributed by atoms with E-state index in [2.05, 4.69) is 20.5 Å². The van der Waals surface area contributed by atoms with Crippen molar-refractivity contribution in [3.63, 3.8) is 0 Å². The summed E-state index contributed by atoms with van der Waals surface area (Å²) in [5.74, 6) is -2.24. The van der Waals surface area contributed by atoms with Gasteiger partial charge in [0, 0.05) is 23.5 Å². The molecule has 3 saturated carbocycles. The number of rotatable bonds is 7. The number of benzene rings is 2. The number of hydrogen-bond donors (Lipinski definition) is 3. The predicted molar refractivity (Wildman–Crippen MR) is 199 cm³/mol. The number of nitrogens with zero attached hydrogens (tertiary/aromatic N) is 2. The van der Waals surface area contributed by atoms with Crippen molar-refractivity contribution in [3.05, 3.63) is 71.8 Å². The summed E-state index contributed by atoms with van der Waals surface area (Å²) in [5.41, 5.74) is 3.05. The normalized spacial score (nSPS) is 29.0. The first-order valence-electron chi connectivity index (χ1n) is 19.4. The number of sulfonamides is 1. The highest BCUT2D eigenvalue weighted by molar-refractivity contribution is 7.91. The predicted octanol–water partition coefficient (Wildman–Crippen LogP) is 4.45. The summed E-state index contributed by atoms with van der Waals surface area (Å²) in [6.07, 6.45) is 10.4. The number of amides is 4. The summed E-state index contributed by atoms with van der Waals surface area (Å²) in [6.45, 7) is 0.00539. The van der Waals surface area contributed by atoms with E-state index in [1.165, 1.54) is 4.90 Å². The molecule has 1 unspecified atom stereocenters. The molecular formula is C40H47N5O8S. The number of carbonyl (C=O) groups excluding carboxylic acids is 4. The van der Waals surface area contributed by atoms with E-state index in [0.717, 1.165) is 60.8 Å². The van der Waals surface area contributed by atoms with Crippen molar-refractivity contribution in [2.75, 3.05) is 6.54 Å². The molecule has 2 aromatic rings. The number of hydrogen-bond acceptors (Lipinski definition) is 9. The third kappa shape index (κ3) is 7.36. The molecule has 13 nitrogen and oxygen atoms in total. The highest BCUT2D eigenvalue weighted by atomic mass is 32.2. The minimum Gasteiger partial charge on any atom is -0.446 e. The van der Waals surface area contributed by atoms with Crippen LogP contribution in [0.1, 0.15) is 94.6 Å². The molecule has 0 radical (unpaired) electrons. The molecule has 0 bridgehead atoms. The lowest BCUT2D eigenvalue weighted by Gasteiger charge is -2.30. The van der Waals surface area contributed by atoms with Crippen LogP contribution in [0.15, 0.2) is 65.8 Å². The fourth-order valence-electron chi connectivity index (χ4n) is 8.39. The van der Waals surface area contributed by atoms with E-state index in [0.29, 0.717) is 37.8 Å². The Kier molecular flexibility index (Phi) is 9.97. The SMILES string of the molecule is O=C(N[C@@H]1CCCCC/C=C\C2C[C@@]2(C(=O)NS(=O)(=O)C2CC2)NC(=O)[C@@H]2C[C@@H](ON=C3c4ccccc4-c4ccccc43)CN2C1=O)OC1CCCC1. The van der Waals surface area contributed by atoms with Crippen LogP contribution in [-0.2, 0) is 34.0 Å². The van der Waals surface area contributed by atoms with Gasteiger partial charge in [0.1, 0.15) is 35.5 Å². The molecule has 0 aromatic heterocycles. The molecule has 3 N–H and O–H groups in total. The van der Waals surface area contributed by atoms with Gasteiger partial charge in [-0.2, -0.15) is 0 Å². The molecule has 14 heteroatoms. The molecule has 4 fully saturated rings. The van der Waals surface area contributed by atoms with Crippen LogP contribution in [0.2, 0.25) is 0 Å². The molecule has 5 atom stereocenters. The Bertz CT molecular complexity index is 1940. The van der Waals surface area contributed by atoms with Crippen LogP contribution in [0, 0.1) is 5.92 Å². The van der Waals surface area contributed by atoms with Crippen LogP contribution < -0.4 is 15.4 Å². The molecular weight excluding hydrogens is 711 g/mol. The quantitative estimate of drug-likeness (QED) is 0.234. The highest BCUT2D eigenvalue weighted by Crippen LogP contribution is 2.46. The molecule has 2 aliphatic heterocycles. The maximum atomic E-state index is 14.5. The van der Waals surface area contributed by atoms with E-state index >= 15 is 0 Å². The van der Waals surface area contributed by atoms with E-state index in [9.17, 15) is 27.6 Å². The lowest BCUT2D eigenvalue weighted by atomic mass is 10.0. The third-order valence-corrected chi connectivity index (χ3v) is 13.5. The number of carbonyl (C=O) groups is 4. The van der Waals surface area contributed by atoms with Gasteiger partial charge in [0.05, 0.1) is 11.8 Å². The Balaban J connectivity index is 1.08. The van der Waals surface area contributed by atoms with E-state index in [4.69, 9.17) is 9.57 Å². The Morgan fingerprint density at radius 1 is 0.852 bits per heavy atom. The first-order valence-corrected chi connectivity index (χ1v) is 20.9. The van der Waals surface area contributed by atoms with Gasteiger partial charge < -0.3 is 25.1 Å². The van der Waals surface area contributed by atoms with Gasteiger partial charge in [-0.05, 0) is 75.3 Å². The third-order valence-electron chi connectivity index (χ3n) is 11.7. The fraction of sp³-hybridized carbons (Fsp3) is 0.525. The van der Waals surface area contributed by atoms with E-state index in [-0.39, 0.29) is 25.5 Å². The molecule has 0 spiro atoms. The number of allylic oxidation sites excluding steroid dienone is 1. The lowest BCUT2D eigenvalue weighted by molar-refractivity contribution is -0.141. The van der Waals surface area contributed by atoms with Crippen molar-refractivity contribution >= 4 is 39.5 Å². The minimum absolute atomic E-state index is 0.00539. The topological polar surface area (TPSA) is 173 Å². The summed E-state index contributed by atoms with van der Waals surface area (Å²) >= 11 is 0. The molecule has 1 saturated heterocycles. The largest absolute Gasteiger partial charge is 0.446 e. The lowest BCUT2D eigenvalue weighted by Crippen LogP contribution is -2.58. The van der Waals surface area contributed by atoms with Crippen molar-refractivity contribution in [1.29, 1.82) is 0 Å². The molecule has 286 valence electrons. The standard InChI is InChI=1S/C40H47N5O8S/c46-36-34-22-27(53-43-35-31-17-10-8-15-29(31)30-16-9-11-18-32(30)35)24-45(34)37(47)33(41-39(49)52-26-13-6-7-14-26)19-5-3-1-2-4-12-25-23-40(25,42-36)38(48)44-54(50,51)28-20-21-28/h4,8-12,15-18,25-28,33-34H,1-3,5-7,13-14,19-24H2,(H,41,49)(H,42,46)(H,44,48)/b12-4-/t25?,27-,33-,34+,40-/m1/s1. The maximum Gasteiger partial charge on any atom is 0.408 e. The van der Waals surface area contributed by atoms with Gasteiger partial charge in [0.25, 0.3) is 5.91 Å². The number of nitrogens with one attached hydrogen (secondary N) is 3. The molecule has 54 heavy (non-hydrogen) atoms. The van der Waals surface area contributed by atoms with Crippen LogP contribution in [-0.4, -0.2) is 84.5 Å². The average Bonchev–Trinajstić information content (AvgIpc) is 3.98. The van der Waals surface area contributed by atoms with Gasteiger partial charge >= 0.3 is 6.09 Å². The van der Waals surface area contributed by atoms with Crippen molar-refractivity contribution in [3.8, 4) is 11.1 Å². The summed E-state index contributed by atoms with van der Waals surface area (Å²) in [4.78, 5) is 63.3. The summed E-state index contributed by atoms with van der Waals surface area (Å²) < 4.78 is 33.6. The van der Waals surface area contributed by atoms with E-state index in [1.54, 1.807) is 0 Å². The van der Waals surface area contributed by atoms with Crippen molar-refractivity contribution < 1.29 is 37.2 Å². The molecule has 6 aliphatic rings. The molecule has 2 aromatic carbocycles. The second kappa shape index (κ2) is 14.8. The number of alkyl carbamates (subject to hydrolysis) is 1. The van der Waals surface area contributed by atoms with Gasteiger partial charge in [-0.15, -0.1) is 0 Å². The molecule has 8 rings (SSSR count). The van der Waals surface area contributed by atoms with Gasteiger partial charge in [-0.3, -0.25) is 19.1 Å². The summed E-state index contributed by atoms with van der Waals surface area (Å²) in [5, 5.41) is 9.71. The van der Waals surface area contributed by atoms with E-state index in [1.807, 2.05) is 60.7 Å². The maximum absolute atomic E-state index is 14.5. The van der Waals surface area contributed by atoms with Crippen molar-refractivity contribution in [2.24, 2.45) is 11.1 Å². The van der Waals surface area contributed by atoms with E-state index < -0.39 is 68.7 Å². The van der Waals surface area contributed by atoms with Crippen molar-refractivity contribution in [1.82, 2.24) is 20.3 Å². The monoisotopic (exact) mass is 757 g/mol. The Hall–Kier alpha value is -4.72.